The fraction of sp³-hybridized carbons (Fsp3) is 0.235. The van der Waals surface area contributed by atoms with Crippen molar-refractivity contribution in [2.75, 3.05) is 23.3 Å². The van der Waals surface area contributed by atoms with Crippen molar-refractivity contribution in [1.29, 1.82) is 0 Å². The van der Waals surface area contributed by atoms with Gasteiger partial charge in [-0.25, -0.2) is 0 Å². The second-order valence-corrected chi connectivity index (χ2v) is 7.70. The van der Waals surface area contributed by atoms with E-state index in [9.17, 15) is 9.90 Å². The van der Waals surface area contributed by atoms with Gasteiger partial charge in [-0.15, -0.1) is 23.1 Å². The third-order valence-corrected chi connectivity index (χ3v) is 6.11. The first-order chi connectivity index (χ1) is 11.7. The molecule has 24 heavy (non-hydrogen) atoms. The number of aliphatic hydroxyl groups excluding tert-OH is 1. The summed E-state index contributed by atoms with van der Waals surface area (Å²) in [6.07, 6.45) is -0.282. The van der Waals surface area contributed by atoms with Crippen LogP contribution in [0, 0.1) is 0 Å². The van der Waals surface area contributed by atoms with Crippen LogP contribution >= 0.6 is 23.1 Å². The average Bonchev–Trinajstić information content (AvgIpc) is 3.23. The lowest BCUT2D eigenvalue weighted by Gasteiger charge is -2.38. The van der Waals surface area contributed by atoms with Crippen molar-refractivity contribution >= 4 is 40.4 Å². The first-order valence-corrected chi connectivity index (χ1v) is 9.52. The number of β-amino-alcohol motifs (C(OH)–C–C–N with tert-alkyl or cyclic N) is 1. The summed E-state index contributed by atoms with van der Waals surface area (Å²) in [6, 6.07) is 11.8. The van der Waals surface area contributed by atoms with Gasteiger partial charge < -0.3 is 20.6 Å². The summed E-state index contributed by atoms with van der Waals surface area (Å²) in [5.74, 6) is -0.143. The summed E-state index contributed by atoms with van der Waals surface area (Å²) in [4.78, 5) is 15.8. The van der Waals surface area contributed by atoms with Crippen LogP contribution in [0.25, 0.3) is 0 Å². The molecule has 1 saturated heterocycles. The SMILES string of the molecule is O=C(Nc1ccccc1N1CC(O)C1)C1=CSC(c2cccs2)N1. The van der Waals surface area contributed by atoms with Gasteiger partial charge in [0.2, 0.25) is 0 Å². The molecule has 1 aromatic heterocycles. The van der Waals surface area contributed by atoms with E-state index in [4.69, 9.17) is 0 Å². The molecule has 4 rings (SSSR count). The molecule has 1 amide bonds. The molecule has 0 radical (unpaired) electrons. The second kappa shape index (κ2) is 6.51. The van der Waals surface area contributed by atoms with E-state index < -0.39 is 0 Å². The molecule has 0 bridgehead atoms. The predicted molar refractivity (Wildman–Crippen MR) is 99.2 cm³/mol. The molecule has 3 heterocycles. The van der Waals surface area contributed by atoms with Crippen LogP contribution in [0.5, 0.6) is 0 Å². The molecular weight excluding hydrogens is 342 g/mol. The molecule has 5 nitrogen and oxygen atoms in total. The highest BCUT2D eigenvalue weighted by Gasteiger charge is 2.28. The van der Waals surface area contributed by atoms with Gasteiger partial charge >= 0.3 is 0 Å². The number of aliphatic hydroxyl groups is 1. The largest absolute Gasteiger partial charge is 0.389 e. The zero-order valence-corrected chi connectivity index (χ0v) is 14.4. The number of amides is 1. The number of anilines is 2. The zero-order valence-electron chi connectivity index (χ0n) is 12.8. The Labute approximate surface area is 148 Å². The lowest BCUT2D eigenvalue weighted by Crippen LogP contribution is -2.51. The molecular formula is C17H17N3O2S2. The zero-order chi connectivity index (χ0) is 16.5. The van der Waals surface area contributed by atoms with E-state index in [1.807, 2.05) is 41.1 Å². The standard InChI is InChI=1S/C17H17N3O2S2/c21-11-8-20(9-11)14-5-2-1-4-12(14)18-16(22)13-10-24-17(19-13)15-6-3-7-23-15/h1-7,10-11,17,19,21H,8-9H2,(H,18,22). The molecule has 2 aliphatic rings. The van der Waals surface area contributed by atoms with E-state index >= 15 is 0 Å². The molecule has 1 aromatic carbocycles. The molecule has 1 unspecified atom stereocenters. The minimum atomic E-state index is -0.282. The number of thiophene rings is 1. The fourth-order valence-electron chi connectivity index (χ4n) is 2.74. The van der Waals surface area contributed by atoms with E-state index in [1.165, 1.54) is 4.88 Å². The van der Waals surface area contributed by atoms with Gasteiger partial charge in [-0.3, -0.25) is 4.79 Å². The molecule has 0 spiro atoms. The van der Waals surface area contributed by atoms with Crippen molar-refractivity contribution < 1.29 is 9.90 Å². The average molecular weight is 359 g/mol. The van der Waals surface area contributed by atoms with Gasteiger partial charge in [0.25, 0.3) is 5.91 Å². The highest BCUT2D eigenvalue weighted by Crippen LogP contribution is 2.37. The number of nitrogens with one attached hydrogen (secondary N) is 2. The van der Waals surface area contributed by atoms with Crippen molar-refractivity contribution in [1.82, 2.24) is 5.32 Å². The Hall–Kier alpha value is -1.96. The van der Waals surface area contributed by atoms with Crippen molar-refractivity contribution in [2.24, 2.45) is 0 Å². The minimum Gasteiger partial charge on any atom is -0.389 e. The van der Waals surface area contributed by atoms with Gasteiger partial charge in [-0.1, -0.05) is 18.2 Å². The van der Waals surface area contributed by atoms with Gasteiger partial charge in [-0.05, 0) is 23.6 Å². The van der Waals surface area contributed by atoms with Crippen LogP contribution in [-0.4, -0.2) is 30.2 Å². The molecule has 1 fully saturated rings. The molecule has 7 heteroatoms. The van der Waals surface area contributed by atoms with Crippen LogP contribution in [0.4, 0.5) is 11.4 Å². The summed E-state index contributed by atoms with van der Waals surface area (Å²) in [7, 11) is 0. The number of carbonyl (C=O) groups is 1. The molecule has 2 aromatic rings. The van der Waals surface area contributed by atoms with Crippen LogP contribution in [0.1, 0.15) is 10.3 Å². The van der Waals surface area contributed by atoms with Gasteiger partial charge in [0, 0.05) is 23.4 Å². The van der Waals surface area contributed by atoms with Gasteiger partial charge in [0.15, 0.2) is 0 Å². The first-order valence-electron chi connectivity index (χ1n) is 7.69. The lowest BCUT2D eigenvalue weighted by atomic mass is 10.1. The number of hydrogen-bond donors (Lipinski definition) is 3. The van der Waals surface area contributed by atoms with Gasteiger partial charge in [0.1, 0.15) is 11.1 Å². The Morgan fingerprint density at radius 1 is 1.25 bits per heavy atom. The maximum Gasteiger partial charge on any atom is 0.272 e. The first kappa shape index (κ1) is 15.6. The Morgan fingerprint density at radius 2 is 2.08 bits per heavy atom. The van der Waals surface area contributed by atoms with Crippen molar-refractivity contribution in [3.8, 4) is 0 Å². The van der Waals surface area contributed by atoms with Crippen LogP contribution in [0.3, 0.4) is 0 Å². The summed E-state index contributed by atoms with van der Waals surface area (Å²) >= 11 is 3.28. The maximum absolute atomic E-state index is 12.6. The Balaban J connectivity index is 1.44. The third-order valence-electron chi connectivity index (χ3n) is 4.01. The highest BCUT2D eigenvalue weighted by atomic mass is 32.2. The maximum atomic E-state index is 12.6. The number of para-hydroxylation sites is 2. The molecule has 124 valence electrons. The second-order valence-electron chi connectivity index (χ2n) is 5.74. The predicted octanol–water partition coefficient (Wildman–Crippen LogP) is 2.74. The smallest absolute Gasteiger partial charge is 0.272 e. The highest BCUT2D eigenvalue weighted by molar-refractivity contribution is 8.02. The van der Waals surface area contributed by atoms with Crippen molar-refractivity contribution in [2.45, 2.75) is 11.5 Å². The number of rotatable bonds is 4. The number of hydrogen-bond acceptors (Lipinski definition) is 6. The van der Waals surface area contributed by atoms with E-state index in [-0.39, 0.29) is 17.4 Å². The summed E-state index contributed by atoms with van der Waals surface area (Å²) in [5, 5.41) is 19.7. The molecule has 1 atom stereocenters. The monoisotopic (exact) mass is 359 g/mol. The molecule has 0 aliphatic carbocycles. The fourth-order valence-corrected chi connectivity index (χ4v) is 4.58. The topological polar surface area (TPSA) is 64.6 Å². The summed E-state index contributed by atoms with van der Waals surface area (Å²) in [5.41, 5.74) is 2.29. The Kier molecular flexibility index (Phi) is 4.22. The van der Waals surface area contributed by atoms with Crippen LogP contribution in [-0.2, 0) is 4.79 Å². The Bertz CT molecular complexity index is 770. The lowest BCUT2D eigenvalue weighted by molar-refractivity contribution is -0.113. The van der Waals surface area contributed by atoms with Gasteiger partial charge in [-0.2, -0.15) is 0 Å². The quantitative estimate of drug-likeness (QED) is 0.783. The van der Waals surface area contributed by atoms with Crippen molar-refractivity contribution in [3.05, 3.63) is 57.8 Å². The normalized spacial score (nSPS) is 20.3. The minimum absolute atomic E-state index is 0.103. The van der Waals surface area contributed by atoms with Gasteiger partial charge in [0.05, 0.1) is 17.5 Å². The van der Waals surface area contributed by atoms with Crippen LogP contribution in [0.2, 0.25) is 0 Å². The van der Waals surface area contributed by atoms with E-state index in [0.717, 1.165) is 11.4 Å². The number of carbonyl (C=O) groups excluding carboxylic acids is 1. The Morgan fingerprint density at radius 3 is 2.83 bits per heavy atom. The van der Waals surface area contributed by atoms with Crippen LogP contribution < -0.4 is 15.5 Å². The van der Waals surface area contributed by atoms with E-state index in [0.29, 0.717) is 18.8 Å². The molecule has 0 saturated carbocycles. The molecule has 2 aliphatic heterocycles. The number of benzene rings is 1. The summed E-state index contributed by atoms with van der Waals surface area (Å²) in [6.45, 7) is 1.20. The van der Waals surface area contributed by atoms with E-state index in [2.05, 4.69) is 21.6 Å². The molecule has 3 N–H and O–H groups in total. The number of thioether (sulfide) groups is 1. The van der Waals surface area contributed by atoms with E-state index in [1.54, 1.807) is 23.1 Å². The summed E-state index contributed by atoms with van der Waals surface area (Å²) < 4.78 is 0. The third kappa shape index (κ3) is 3.02. The number of nitrogens with zero attached hydrogens (tertiary/aromatic N) is 1. The van der Waals surface area contributed by atoms with Crippen LogP contribution in [0.15, 0.2) is 52.9 Å². The van der Waals surface area contributed by atoms with Crippen molar-refractivity contribution in [3.63, 3.8) is 0 Å².